The van der Waals surface area contributed by atoms with E-state index in [1.54, 1.807) is 48.8 Å². The monoisotopic (exact) mass is 490 g/mol. The van der Waals surface area contributed by atoms with Gasteiger partial charge < -0.3 is 15.0 Å². The van der Waals surface area contributed by atoms with Gasteiger partial charge in [-0.3, -0.25) is 19.9 Å². The summed E-state index contributed by atoms with van der Waals surface area (Å²) in [5, 5.41) is 12.8. The van der Waals surface area contributed by atoms with Gasteiger partial charge in [0.05, 0.1) is 35.5 Å². The molecule has 3 N–H and O–H groups in total. The average molecular weight is 491 g/mol. The van der Waals surface area contributed by atoms with Crippen molar-refractivity contribution in [3.63, 3.8) is 0 Å². The van der Waals surface area contributed by atoms with Crippen molar-refractivity contribution < 1.29 is 19.5 Å². The van der Waals surface area contributed by atoms with Gasteiger partial charge in [0, 0.05) is 10.7 Å². The number of rotatable bonds is 10. The molecule has 1 amide bonds. The molecule has 3 aromatic carbocycles. The van der Waals surface area contributed by atoms with Crippen LogP contribution in [0.2, 0.25) is 5.02 Å². The van der Waals surface area contributed by atoms with E-state index < -0.39 is 12.0 Å². The second-order valence-electron chi connectivity index (χ2n) is 7.80. The molecule has 0 aliphatic rings. The molecule has 0 aliphatic heterocycles. The molecule has 178 valence electrons. The Morgan fingerprint density at radius 2 is 1.83 bits per heavy atom. The number of fused-ring (bicyclic) bond motifs is 1. The van der Waals surface area contributed by atoms with Crippen molar-refractivity contribution in [2.45, 2.75) is 12.5 Å². The molecule has 0 bridgehead atoms. The van der Waals surface area contributed by atoms with Gasteiger partial charge in [0.1, 0.15) is 0 Å². The molecule has 1 atom stereocenters. The van der Waals surface area contributed by atoms with Gasteiger partial charge >= 0.3 is 5.97 Å². The molecule has 0 saturated heterocycles. The summed E-state index contributed by atoms with van der Waals surface area (Å²) in [5.74, 6) is -1.27. The Labute approximate surface area is 206 Å². The number of nitrogens with one attached hydrogen (secondary N) is 2. The average Bonchev–Trinajstić information content (AvgIpc) is 3.26. The number of aliphatic carboxylic acids is 1. The topological polar surface area (TPSA) is 105 Å². The molecular weight excluding hydrogens is 468 g/mol. The van der Waals surface area contributed by atoms with Crippen molar-refractivity contribution in [1.82, 2.24) is 15.0 Å². The summed E-state index contributed by atoms with van der Waals surface area (Å²) >= 11 is 5.88. The van der Waals surface area contributed by atoms with Crippen LogP contribution in [0.5, 0.6) is 0 Å². The van der Waals surface area contributed by atoms with E-state index in [2.05, 4.69) is 22.4 Å². The van der Waals surface area contributed by atoms with Gasteiger partial charge in [-0.05, 0) is 41.5 Å². The molecule has 9 heteroatoms. The number of imidazole rings is 1. The second kappa shape index (κ2) is 10.9. The lowest BCUT2D eigenvalue weighted by atomic mass is 10.0. The lowest BCUT2D eigenvalue weighted by Gasteiger charge is -2.18. The van der Waals surface area contributed by atoms with Crippen molar-refractivity contribution in [3.05, 3.63) is 102 Å². The predicted molar refractivity (Wildman–Crippen MR) is 135 cm³/mol. The maximum absolute atomic E-state index is 12.3. The van der Waals surface area contributed by atoms with Crippen LogP contribution in [0, 0.1) is 0 Å². The number of nitrogens with zero attached hydrogens (tertiary/aromatic N) is 2. The number of hydrogen-bond donors (Lipinski definition) is 3. The number of hydroxylamine groups is 1. The highest BCUT2D eigenvalue weighted by atomic mass is 35.5. The van der Waals surface area contributed by atoms with E-state index in [-0.39, 0.29) is 18.9 Å². The number of carbonyl (C=O) groups is 2. The van der Waals surface area contributed by atoms with Crippen LogP contribution in [0.25, 0.3) is 16.7 Å². The van der Waals surface area contributed by atoms with Crippen LogP contribution in [0.3, 0.4) is 0 Å². The maximum Gasteiger partial charge on any atom is 0.305 e. The third kappa shape index (κ3) is 6.06. The van der Waals surface area contributed by atoms with Crippen LogP contribution in [-0.2, 0) is 14.4 Å². The highest BCUT2D eigenvalue weighted by molar-refractivity contribution is 6.30. The van der Waals surface area contributed by atoms with Crippen molar-refractivity contribution in [1.29, 1.82) is 0 Å². The van der Waals surface area contributed by atoms with Crippen LogP contribution < -0.4 is 10.8 Å². The molecule has 1 unspecified atom stereocenters. The van der Waals surface area contributed by atoms with Crippen LogP contribution >= 0.6 is 11.6 Å². The Hall–Kier alpha value is -4.14. The number of halogens is 1. The Kier molecular flexibility index (Phi) is 7.45. The van der Waals surface area contributed by atoms with Gasteiger partial charge in [-0.2, -0.15) is 0 Å². The van der Waals surface area contributed by atoms with Gasteiger partial charge in [0.2, 0.25) is 0 Å². The van der Waals surface area contributed by atoms with E-state index in [0.29, 0.717) is 21.9 Å². The molecule has 1 aromatic heterocycles. The molecule has 35 heavy (non-hydrogen) atoms. The van der Waals surface area contributed by atoms with Crippen molar-refractivity contribution in [2.75, 3.05) is 11.9 Å². The fourth-order valence-corrected chi connectivity index (χ4v) is 3.80. The fourth-order valence-electron chi connectivity index (χ4n) is 3.67. The molecule has 0 radical (unpaired) electrons. The maximum atomic E-state index is 12.3. The third-order valence-electron chi connectivity index (χ3n) is 5.34. The summed E-state index contributed by atoms with van der Waals surface area (Å²) in [4.78, 5) is 33.5. The van der Waals surface area contributed by atoms with E-state index in [1.165, 1.54) is 0 Å². The molecule has 0 saturated carbocycles. The number of anilines is 1. The smallest absolute Gasteiger partial charge is 0.305 e. The zero-order valence-electron chi connectivity index (χ0n) is 18.6. The largest absolute Gasteiger partial charge is 0.481 e. The van der Waals surface area contributed by atoms with E-state index >= 15 is 0 Å². The zero-order chi connectivity index (χ0) is 24.8. The van der Waals surface area contributed by atoms with Gasteiger partial charge in [0.15, 0.2) is 6.61 Å². The van der Waals surface area contributed by atoms with Crippen LogP contribution in [0.15, 0.2) is 85.7 Å². The minimum atomic E-state index is -0.906. The number of aromatic nitrogens is 2. The quantitative estimate of drug-likeness (QED) is 0.273. The van der Waals surface area contributed by atoms with Crippen molar-refractivity contribution in [2.24, 2.45) is 0 Å². The minimum absolute atomic E-state index is 0.0837. The Bertz CT molecular complexity index is 1350. The van der Waals surface area contributed by atoms with E-state index in [1.807, 2.05) is 34.9 Å². The molecular formula is C26H23ClN4O4. The molecule has 0 fully saturated rings. The molecule has 0 aliphatic carbocycles. The zero-order valence-corrected chi connectivity index (χ0v) is 19.4. The Morgan fingerprint density at radius 3 is 2.54 bits per heavy atom. The first kappa shape index (κ1) is 24.0. The van der Waals surface area contributed by atoms with E-state index in [4.69, 9.17) is 16.4 Å². The molecule has 4 rings (SSSR count). The lowest BCUT2D eigenvalue weighted by Crippen LogP contribution is -2.23. The van der Waals surface area contributed by atoms with Gasteiger partial charge in [-0.1, -0.05) is 60.6 Å². The summed E-state index contributed by atoms with van der Waals surface area (Å²) < 4.78 is 1.83. The van der Waals surface area contributed by atoms with Crippen LogP contribution in [-0.4, -0.2) is 33.1 Å². The molecule has 8 nitrogen and oxygen atoms in total. The molecule has 0 spiro atoms. The first-order valence-electron chi connectivity index (χ1n) is 10.8. The normalized spacial score (nSPS) is 11.7. The SMILES string of the molecule is C=C(NOCC(=O)Nc1ccc2c(c1)ncn2C(CC(=O)O)c1ccccc1)c1ccc(Cl)cc1. The second-order valence-corrected chi connectivity index (χ2v) is 8.24. The van der Waals surface area contributed by atoms with Crippen LogP contribution in [0.1, 0.15) is 23.6 Å². The minimum Gasteiger partial charge on any atom is -0.481 e. The summed E-state index contributed by atoms with van der Waals surface area (Å²) in [6.45, 7) is 3.63. The summed E-state index contributed by atoms with van der Waals surface area (Å²) in [7, 11) is 0. The predicted octanol–water partition coefficient (Wildman–Crippen LogP) is 4.88. The van der Waals surface area contributed by atoms with Gasteiger partial charge in [-0.25, -0.2) is 4.98 Å². The first-order valence-corrected chi connectivity index (χ1v) is 11.1. The lowest BCUT2D eigenvalue weighted by molar-refractivity contribution is -0.137. The van der Waals surface area contributed by atoms with Crippen molar-refractivity contribution >= 4 is 45.9 Å². The Balaban J connectivity index is 1.40. The summed E-state index contributed by atoms with van der Waals surface area (Å²) in [5.41, 5.74) is 6.73. The highest BCUT2D eigenvalue weighted by Crippen LogP contribution is 2.28. The highest BCUT2D eigenvalue weighted by Gasteiger charge is 2.20. The standard InChI is InChI=1S/C26H23ClN4O4/c1-17(18-7-9-20(27)10-8-18)30-35-15-25(32)29-21-11-12-23-22(13-21)28-16-31(23)24(14-26(33)34)19-5-3-2-4-6-19/h2-13,16,24,30H,1,14-15H2,(H,29,32)(H,33,34). The number of carboxylic acid groups (broad SMARTS) is 1. The van der Waals surface area contributed by atoms with Crippen molar-refractivity contribution in [3.8, 4) is 0 Å². The number of amides is 1. The molecule has 4 aromatic rings. The molecule has 1 heterocycles. The fraction of sp³-hybridized carbons (Fsp3) is 0.115. The van der Waals surface area contributed by atoms with E-state index in [0.717, 1.165) is 16.6 Å². The van der Waals surface area contributed by atoms with Gasteiger partial charge in [-0.15, -0.1) is 0 Å². The number of hydrogen-bond acceptors (Lipinski definition) is 5. The summed E-state index contributed by atoms with van der Waals surface area (Å²) in [6.07, 6.45) is 1.53. The third-order valence-corrected chi connectivity index (χ3v) is 5.59. The number of carbonyl (C=O) groups excluding carboxylic acids is 1. The summed E-state index contributed by atoms with van der Waals surface area (Å²) in [6, 6.07) is 21.3. The number of benzene rings is 3. The van der Waals surface area contributed by atoms with E-state index in [9.17, 15) is 14.7 Å². The van der Waals surface area contributed by atoms with Crippen LogP contribution in [0.4, 0.5) is 5.69 Å². The number of carboxylic acids is 1. The Morgan fingerprint density at radius 1 is 1.09 bits per heavy atom. The van der Waals surface area contributed by atoms with Gasteiger partial charge in [0.25, 0.3) is 5.91 Å². The first-order chi connectivity index (χ1) is 16.9.